The molecule has 1 saturated carbocycles. The molecule has 1 aromatic heterocycles. The number of anilines is 2. The van der Waals surface area contributed by atoms with Crippen molar-refractivity contribution in [3.05, 3.63) is 4.88 Å². The minimum atomic E-state index is 0.0455. The van der Waals surface area contributed by atoms with Gasteiger partial charge in [0.25, 0.3) is 5.91 Å². The first-order valence-corrected chi connectivity index (χ1v) is 9.11. The smallest absolute Gasteiger partial charge is 0.267 e. The Hall–Kier alpha value is -0.950. The SMILES string of the molecule is Nc1nc(NC2CCC2)sc1C(=O)N1CCCSCC1. The van der Waals surface area contributed by atoms with Crippen LogP contribution < -0.4 is 11.1 Å². The largest absolute Gasteiger partial charge is 0.382 e. The van der Waals surface area contributed by atoms with Crippen LogP contribution in [0.15, 0.2) is 0 Å². The number of nitrogens with two attached hydrogens (primary N) is 1. The number of nitrogen functional groups attached to an aromatic ring is 1. The number of thiazole rings is 1. The molecule has 1 aliphatic carbocycles. The summed E-state index contributed by atoms with van der Waals surface area (Å²) in [5, 5.41) is 4.15. The molecule has 0 aromatic carbocycles. The highest BCUT2D eigenvalue weighted by Gasteiger charge is 2.24. The molecule has 5 nitrogen and oxygen atoms in total. The minimum absolute atomic E-state index is 0.0455. The summed E-state index contributed by atoms with van der Waals surface area (Å²) in [6, 6.07) is 0.512. The zero-order valence-electron chi connectivity index (χ0n) is 11.4. The molecular weight excluding hydrogens is 292 g/mol. The number of nitrogens with zero attached hydrogens (tertiary/aromatic N) is 2. The fraction of sp³-hybridized carbons (Fsp3) is 0.692. The Kier molecular flexibility index (Phi) is 4.35. The maximum Gasteiger partial charge on any atom is 0.267 e. The number of hydrogen-bond acceptors (Lipinski definition) is 6. The van der Waals surface area contributed by atoms with Gasteiger partial charge in [0, 0.05) is 24.9 Å². The van der Waals surface area contributed by atoms with Crippen molar-refractivity contribution in [2.45, 2.75) is 31.7 Å². The average molecular weight is 312 g/mol. The molecule has 1 aliphatic heterocycles. The summed E-state index contributed by atoms with van der Waals surface area (Å²) in [5.74, 6) is 2.57. The lowest BCUT2D eigenvalue weighted by Crippen LogP contribution is -2.32. The van der Waals surface area contributed by atoms with Crippen molar-refractivity contribution in [1.29, 1.82) is 0 Å². The van der Waals surface area contributed by atoms with Crippen LogP contribution >= 0.6 is 23.1 Å². The number of carbonyl (C=O) groups excluding carboxylic acids is 1. The van der Waals surface area contributed by atoms with Crippen molar-refractivity contribution < 1.29 is 4.79 Å². The zero-order valence-corrected chi connectivity index (χ0v) is 13.1. The Morgan fingerprint density at radius 2 is 2.15 bits per heavy atom. The molecule has 0 bridgehead atoms. The van der Waals surface area contributed by atoms with Gasteiger partial charge in [-0.25, -0.2) is 4.98 Å². The molecule has 1 saturated heterocycles. The van der Waals surface area contributed by atoms with Gasteiger partial charge in [-0.15, -0.1) is 0 Å². The van der Waals surface area contributed by atoms with Crippen molar-refractivity contribution in [1.82, 2.24) is 9.88 Å². The van der Waals surface area contributed by atoms with Crippen LogP contribution in [0.25, 0.3) is 0 Å². The second-order valence-corrected chi connectivity index (χ2v) is 7.49. The second kappa shape index (κ2) is 6.22. The van der Waals surface area contributed by atoms with Gasteiger partial charge in [-0.2, -0.15) is 11.8 Å². The molecule has 2 aliphatic rings. The molecule has 1 amide bonds. The second-order valence-electron chi connectivity index (χ2n) is 5.26. The van der Waals surface area contributed by atoms with Crippen LogP contribution in [0, 0.1) is 0 Å². The summed E-state index contributed by atoms with van der Waals surface area (Å²) in [7, 11) is 0. The van der Waals surface area contributed by atoms with Crippen molar-refractivity contribution in [2.24, 2.45) is 0 Å². The average Bonchev–Trinajstić information content (AvgIpc) is 2.62. The van der Waals surface area contributed by atoms with Crippen molar-refractivity contribution >= 4 is 40.0 Å². The Bertz CT molecular complexity index is 479. The van der Waals surface area contributed by atoms with Gasteiger partial charge in [0.1, 0.15) is 10.7 Å². The maximum atomic E-state index is 12.5. The molecule has 0 radical (unpaired) electrons. The van der Waals surface area contributed by atoms with E-state index in [9.17, 15) is 4.79 Å². The highest BCUT2D eigenvalue weighted by molar-refractivity contribution is 7.99. The van der Waals surface area contributed by atoms with E-state index < -0.39 is 0 Å². The number of carbonyl (C=O) groups is 1. The first-order chi connectivity index (χ1) is 9.74. The van der Waals surface area contributed by atoms with Crippen LogP contribution in [0.5, 0.6) is 0 Å². The molecule has 110 valence electrons. The molecule has 3 N–H and O–H groups in total. The first kappa shape index (κ1) is 14.0. The van der Waals surface area contributed by atoms with Crippen LogP contribution in [0.2, 0.25) is 0 Å². The molecule has 7 heteroatoms. The lowest BCUT2D eigenvalue weighted by atomic mass is 9.93. The summed E-state index contributed by atoms with van der Waals surface area (Å²) >= 11 is 3.31. The van der Waals surface area contributed by atoms with Crippen LogP contribution in [0.1, 0.15) is 35.4 Å². The van der Waals surface area contributed by atoms with Crippen molar-refractivity contribution in [3.63, 3.8) is 0 Å². The van der Waals surface area contributed by atoms with Crippen molar-refractivity contribution in [3.8, 4) is 0 Å². The van der Waals surface area contributed by atoms with Gasteiger partial charge < -0.3 is 16.0 Å². The Balaban J connectivity index is 1.69. The Labute approximate surface area is 127 Å². The maximum absolute atomic E-state index is 12.5. The lowest BCUT2D eigenvalue weighted by molar-refractivity contribution is 0.0774. The molecule has 2 heterocycles. The van der Waals surface area contributed by atoms with Crippen LogP contribution in [0.4, 0.5) is 10.9 Å². The molecule has 0 spiro atoms. The van der Waals surface area contributed by atoms with Crippen LogP contribution in [-0.4, -0.2) is 46.4 Å². The number of hydrogen-bond donors (Lipinski definition) is 2. The van der Waals surface area contributed by atoms with E-state index >= 15 is 0 Å². The lowest BCUT2D eigenvalue weighted by Gasteiger charge is -2.25. The third kappa shape index (κ3) is 3.03. The first-order valence-electron chi connectivity index (χ1n) is 7.14. The third-order valence-corrected chi connectivity index (χ3v) is 5.83. The number of rotatable bonds is 3. The van der Waals surface area contributed by atoms with E-state index in [1.165, 1.54) is 30.6 Å². The van der Waals surface area contributed by atoms with Gasteiger partial charge >= 0.3 is 0 Å². The quantitative estimate of drug-likeness (QED) is 0.896. The van der Waals surface area contributed by atoms with Gasteiger partial charge in [0.15, 0.2) is 5.13 Å². The topological polar surface area (TPSA) is 71.2 Å². The molecular formula is C13H20N4OS2. The number of amides is 1. The van der Waals surface area contributed by atoms with E-state index in [0.29, 0.717) is 16.7 Å². The summed E-state index contributed by atoms with van der Waals surface area (Å²) in [4.78, 5) is 19.3. The van der Waals surface area contributed by atoms with E-state index in [1.807, 2.05) is 16.7 Å². The third-order valence-electron chi connectivity index (χ3n) is 3.79. The van der Waals surface area contributed by atoms with E-state index in [-0.39, 0.29) is 5.91 Å². The monoisotopic (exact) mass is 312 g/mol. The van der Waals surface area contributed by atoms with Gasteiger partial charge in [0.05, 0.1) is 0 Å². The summed E-state index contributed by atoms with van der Waals surface area (Å²) in [6.45, 7) is 1.64. The Morgan fingerprint density at radius 3 is 2.90 bits per heavy atom. The van der Waals surface area contributed by atoms with Gasteiger partial charge in [-0.1, -0.05) is 11.3 Å². The normalized spacial score (nSPS) is 20.3. The van der Waals surface area contributed by atoms with Gasteiger partial charge in [-0.05, 0) is 31.4 Å². The zero-order chi connectivity index (χ0) is 13.9. The molecule has 0 atom stereocenters. The van der Waals surface area contributed by atoms with E-state index in [2.05, 4.69) is 10.3 Å². The van der Waals surface area contributed by atoms with E-state index in [4.69, 9.17) is 5.73 Å². The predicted octanol–water partition coefficient (Wildman–Crippen LogP) is 2.27. The Morgan fingerprint density at radius 1 is 1.30 bits per heavy atom. The minimum Gasteiger partial charge on any atom is -0.382 e. The number of thioether (sulfide) groups is 1. The fourth-order valence-electron chi connectivity index (χ4n) is 2.37. The molecule has 20 heavy (non-hydrogen) atoms. The molecule has 0 unspecified atom stereocenters. The van der Waals surface area contributed by atoms with Crippen LogP contribution in [0.3, 0.4) is 0 Å². The van der Waals surface area contributed by atoms with Crippen molar-refractivity contribution in [2.75, 3.05) is 35.6 Å². The molecule has 3 rings (SSSR count). The molecule has 1 aromatic rings. The summed E-state index contributed by atoms with van der Waals surface area (Å²) < 4.78 is 0. The fourth-order valence-corrected chi connectivity index (χ4v) is 4.18. The van der Waals surface area contributed by atoms with E-state index in [0.717, 1.165) is 36.1 Å². The highest BCUT2D eigenvalue weighted by atomic mass is 32.2. The summed E-state index contributed by atoms with van der Waals surface area (Å²) in [5.41, 5.74) is 5.93. The van der Waals surface area contributed by atoms with Gasteiger partial charge in [-0.3, -0.25) is 4.79 Å². The summed E-state index contributed by atoms with van der Waals surface area (Å²) in [6.07, 6.45) is 4.70. The van der Waals surface area contributed by atoms with Gasteiger partial charge in [0.2, 0.25) is 0 Å². The molecule has 2 fully saturated rings. The number of nitrogens with one attached hydrogen (secondary N) is 1. The van der Waals surface area contributed by atoms with E-state index in [1.54, 1.807) is 0 Å². The van der Waals surface area contributed by atoms with Crippen LogP contribution in [-0.2, 0) is 0 Å². The standard InChI is InChI=1S/C13H20N4OS2/c14-11-10(12(18)17-5-2-7-19-8-6-17)20-13(16-11)15-9-3-1-4-9/h9H,1-8,14H2,(H,15,16). The highest BCUT2D eigenvalue weighted by Crippen LogP contribution is 2.30. The number of aromatic nitrogens is 1. The predicted molar refractivity (Wildman–Crippen MR) is 85.6 cm³/mol.